The molecule has 110 valence electrons. The second-order valence-electron chi connectivity index (χ2n) is 5.10. The van der Waals surface area contributed by atoms with Gasteiger partial charge >= 0.3 is 0 Å². The first kappa shape index (κ1) is 14.1. The molecule has 0 saturated heterocycles. The van der Waals surface area contributed by atoms with E-state index < -0.39 is 0 Å². The van der Waals surface area contributed by atoms with Crippen molar-refractivity contribution >= 4 is 11.7 Å². The van der Waals surface area contributed by atoms with Crippen molar-refractivity contribution in [2.75, 3.05) is 5.32 Å². The molecule has 0 saturated carbocycles. The van der Waals surface area contributed by atoms with E-state index in [1.165, 1.54) is 6.92 Å². The van der Waals surface area contributed by atoms with E-state index in [1.54, 1.807) is 4.68 Å². The molecular weight excluding hydrogens is 274 g/mol. The van der Waals surface area contributed by atoms with Gasteiger partial charge < -0.3 is 5.32 Å². The van der Waals surface area contributed by atoms with Crippen LogP contribution in [0.4, 0.5) is 5.82 Å². The fraction of sp³-hybridized carbons (Fsp3) is 0.111. The van der Waals surface area contributed by atoms with Crippen LogP contribution in [0.5, 0.6) is 0 Å². The Bertz CT molecular complexity index is 792. The smallest absolute Gasteiger partial charge is 0.222 e. The van der Waals surface area contributed by atoms with Gasteiger partial charge in [-0.05, 0) is 24.6 Å². The van der Waals surface area contributed by atoms with Crippen LogP contribution in [0.2, 0.25) is 0 Å². The topological polar surface area (TPSA) is 46.9 Å². The maximum atomic E-state index is 11.6. The number of rotatable bonds is 3. The van der Waals surface area contributed by atoms with Gasteiger partial charge in [-0.25, -0.2) is 4.68 Å². The molecule has 0 spiro atoms. The summed E-state index contributed by atoms with van der Waals surface area (Å²) in [6.45, 7) is 3.46. The largest absolute Gasteiger partial charge is 0.310 e. The van der Waals surface area contributed by atoms with Crippen LogP contribution in [-0.2, 0) is 4.79 Å². The van der Waals surface area contributed by atoms with E-state index in [1.807, 2.05) is 67.6 Å². The summed E-state index contributed by atoms with van der Waals surface area (Å²) in [5.74, 6) is 0.580. The lowest BCUT2D eigenvalue weighted by Gasteiger charge is -2.10. The molecule has 0 aliphatic heterocycles. The maximum Gasteiger partial charge on any atom is 0.222 e. The average molecular weight is 291 g/mol. The van der Waals surface area contributed by atoms with Gasteiger partial charge in [0, 0.05) is 12.5 Å². The van der Waals surface area contributed by atoms with Crippen molar-refractivity contribution < 1.29 is 4.79 Å². The molecule has 2 aromatic carbocycles. The summed E-state index contributed by atoms with van der Waals surface area (Å²) in [5.41, 5.74) is 3.76. The number of aromatic nitrogens is 2. The molecule has 0 unspecified atom stereocenters. The lowest BCUT2D eigenvalue weighted by molar-refractivity contribution is -0.114. The Kier molecular flexibility index (Phi) is 3.74. The van der Waals surface area contributed by atoms with E-state index in [9.17, 15) is 4.79 Å². The second kappa shape index (κ2) is 5.85. The first-order valence-corrected chi connectivity index (χ1v) is 7.15. The number of carbonyl (C=O) groups is 1. The third kappa shape index (κ3) is 2.63. The number of nitrogens with one attached hydrogen (secondary N) is 1. The minimum absolute atomic E-state index is 0.116. The first-order valence-electron chi connectivity index (χ1n) is 7.15. The SMILES string of the molecule is CC(=O)Nc1c(-c2ccccc2)c(C)nn1-c1ccccc1. The number of carbonyl (C=O) groups excluding carboxylic acids is 1. The third-order valence-corrected chi connectivity index (χ3v) is 3.42. The van der Waals surface area contributed by atoms with Crippen molar-refractivity contribution in [1.82, 2.24) is 9.78 Å². The van der Waals surface area contributed by atoms with Gasteiger partial charge in [0.2, 0.25) is 5.91 Å². The molecule has 0 aliphatic carbocycles. The highest BCUT2D eigenvalue weighted by atomic mass is 16.1. The van der Waals surface area contributed by atoms with Crippen molar-refractivity contribution in [3.05, 3.63) is 66.4 Å². The fourth-order valence-corrected chi connectivity index (χ4v) is 2.52. The van der Waals surface area contributed by atoms with E-state index in [4.69, 9.17) is 0 Å². The van der Waals surface area contributed by atoms with Crippen molar-refractivity contribution in [2.24, 2.45) is 0 Å². The zero-order chi connectivity index (χ0) is 15.5. The number of anilines is 1. The number of aryl methyl sites for hydroxylation is 1. The molecule has 4 nitrogen and oxygen atoms in total. The summed E-state index contributed by atoms with van der Waals surface area (Å²) in [6.07, 6.45) is 0. The van der Waals surface area contributed by atoms with Gasteiger partial charge in [0.1, 0.15) is 5.82 Å². The van der Waals surface area contributed by atoms with Crippen LogP contribution in [0.1, 0.15) is 12.6 Å². The Morgan fingerprint density at radius 3 is 2.18 bits per heavy atom. The molecule has 3 aromatic rings. The van der Waals surface area contributed by atoms with E-state index in [0.717, 1.165) is 22.5 Å². The van der Waals surface area contributed by atoms with Gasteiger partial charge in [-0.2, -0.15) is 5.10 Å². The molecule has 0 radical (unpaired) electrons. The van der Waals surface area contributed by atoms with E-state index in [2.05, 4.69) is 10.4 Å². The maximum absolute atomic E-state index is 11.6. The molecule has 0 bridgehead atoms. The predicted molar refractivity (Wildman–Crippen MR) is 88.0 cm³/mol. The molecule has 1 amide bonds. The van der Waals surface area contributed by atoms with Gasteiger partial charge in [-0.3, -0.25) is 4.79 Å². The Balaban J connectivity index is 2.22. The number of hydrogen-bond donors (Lipinski definition) is 1. The van der Waals surface area contributed by atoms with Crippen LogP contribution >= 0.6 is 0 Å². The van der Waals surface area contributed by atoms with Gasteiger partial charge in [-0.15, -0.1) is 0 Å². The van der Waals surface area contributed by atoms with E-state index in [-0.39, 0.29) is 5.91 Å². The monoisotopic (exact) mass is 291 g/mol. The summed E-state index contributed by atoms with van der Waals surface area (Å²) >= 11 is 0. The van der Waals surface area contributed by atoms with Gasteiger partial charge in [0.15, 0.2) is 0 Å². The highest BCUT2D eigenvalue weighted by Crippen LogP contribution is 2.33. The van der Waals surface area contributed by atoms with Crippen LogP contribution in [0.15, 0.2) is 60.7 Å². The van der Waals surface area contributed by atoms with E-state index in [0.29, 0.717) is 5.82 Å². The lowest BCUT2D eigenvalue weighted by atomic mass is 10.1. The zero-order valence-electron chi connectivity index (χ0n) is 12.6. The predicted octanol–water partition coefficient (Wildman–Crippen LogP) is 3.81. The standard InChI is InChI=1S/C18H17N3O/c1-13-17(15-9-5-3-6-10-15)18(19-14(2)22)21(20-13)16-11-7-4-8-12-16/h3-12H,1-2H3,(H,19,22). The number of para-hydroxylation sites is 1. The summed E-state index contributed by atoms with van der Waals surface area (Å²) < 4.78 is 1.78. The van der Waals surface area contributed by atoms with Crippen molar-refractivity contribution in [3.8, 4) is 16.8 Å². The summed E-state index contributed by atoms with van der Waals surface area (Å²) in [7, 11) is 0. The van der Waals surface area contributed by atoms with Crippen LogP contribution in [0, 0.1) is 6.92 Å². The number of benzene rings is 2. The summed E-state index contributed by atoms with van der Waals surface area (Å²) in [4.78, 5) is 11.6. The molecule has 22 heavy (non-hydrogen) atoms. The summed E-state index contributed by atoms with van der Waals surface area (Å²) in [5, 5.41) is 7.53. The zero-order valence-corrected chi connectivity index (χ0v) is 12.6. The average Bonchev–Trinajstić information content (AvgIpc) is 2.85. The van der Waals surface area contributed by atoms with Crippen LogP contribution in [-0.4, -0.2) is 15.7 Å². The van der Waals surface area contributed by atoms with E-state index >= 15 is 0 Å². The number of hydrogen-bond acceptors (Lipinski definition) is 2. The first-order chi connectivity index (χ1) is 10.7. The molecule has 1 heterocycles. The number of nitrogens with zero attached hydrogens (tertiary/aromatic N) is 2. The molecule has 1 aromatic heterocycles. The molecule has 1 N–H and O–H groups in total. The number of amides is 1. The Morgan fingerprint density at radius 1 is 1.00 bits per heavy atom. The van der Waals surface area contributed by atoms with Crippen molar-refractivity contribution in [3.63, 3.8) is 0 Å². The molecule has 4 heteroatoms. The lowest BCUT2D eigenvalue weighted by Crippen LogP contribution is -2.11. The second-order valence-corrected chi connectivity index (χ2v) is 5.10. The van der Waals surface area contributed by atoms with Crippen LogP contribution < -0.4 is 5.32 Å². The minimum Gasteiger partial charge on any atom is -0.310 e. The fourth-order valence-electron chi connectivity index (χ4n) is 2.52. The molecule has 0 aliphatic rings. The van der Waals surface area contributed by atoms with Crippen molar-refractivity contribution in [2.45, 2.75) is 13.8 Å². The van der Waals surface area contributed by atoms with Crippen molar-refractivity contribution in [1.29, 1.82) is 0 Å². The Labute approximate surface area is 129 Å². The van der Waals surface area contributed by atoms with Gasteiger partial charge in [0.05, 0.1) is 11.4 Å². The van der Waals surface area contributed by atoms with Crippen LogP contribution in [0.3, 0.4) is 0 Å². The summed E-state index contributed by atoms with van der Waals surface area (Å²) in [6, 6.07) is 19.7. The molecular formula is C18H17N3O. The third-order valence-electron chi connectivity index (χ3n) is 3.42. The minimum atomic E-state index is -0.116. The highest BCUT2D eigenvalue weighted by molar-refractivity contribution is 5.94. The molecule has 0 atom stereocenters. The van der Waals surface area contributed by atoms with Gasteiger partial charge in [0.25, 0.3) is 0 Å². The van der Waals surface area contributed by atoms with Gasteiger partial charge in [-0.1, -0.05) is 48.5 Å². The molecule has 3 rings (SSSR count). The Hall–Kier alpha value is -2.88. The molecule has 0 fully saturated rings. The Morgan fingerprint density at radius 2 is 1.59 bits per heavy atom. The normalized spacial score (nSPS) is 10.5. The quantitative estimate of drug-likeness (QED) is 0.797. The highest BCUT2D eigenvalue weighted by Gasteiger charge is 2.18. The van der Waals surface area contributed by atoms with Crippen LogP contribution in [0.25, 0.3) is 16.8 Å².